The topological polar surface area (TPSA) is 198 Å². The monoisotopic (exact) mass is 305 g/mol. The zero-order valence-electron chi connectivity index (χ0n) is 8.32. The van der Waals surface area contributed by atoms with E-state index in [1.807, 2.05) is 0 Å². The van der Waals surface area contributed by atoms with Crippen molar-refractivity contribution >= 4 is 22.3 Å². The number of aliphatic hydroxyl groups excluding tert-OH is 1. The Bertz CT molecular complexity index is 509. The molecule has 15 heteroatoms. The van der Waals surface area contributed by atoms with Crippen LogP contribution in [0.3, 0.4) is 0 Å². The average molecular weight is 305 g/mol. The van der Waals surface area contributed by atoms with Gasteiger partial charge < -0.3 is 10.2 Å². The van der Waals surface area contributed by atoms with Gasteiger partial charge >= 0.3 is 28.1 Å². The SMILES string of the molecule is O=C1OOS(=O)(=O)OOC(=O)C(O)(O[N+](=O)[O-])C1O. The van der Waals surface area contributed by atoms with Crippen molar-refractivity contribution in [3.8, 4) is 0 Å². The second kappa shape index (κ2) is 4.90. The van der Waals surface area contributed by atoms with Gasteiger partial charge in [0.1, 0.15) is 0 Å². The fraction of sp³-hybridized carbons (Fsp3) is 0.500. The number of aliphatic hydroxyl groups is 2. The van der Waals surface area contributed by atoms with E-state index in [-0.39, 0.29) is 0 Å². The highest BCUT2D eigenvalue weighted by atomic mass is 32.3. The van der Waals surface area contributed by atoms with Crippen molar-refractivity contribution in [3.63, 3.8) is 0 Å². The maximum Gasteiger partial charge on any atom is 0.471 e. The molecule has 0 aliphatic carbocycles. The third-order valence-corrected chi connectivity index (χ3v) is 1.96. The van der Waals surface area contributed by atoms with Gasteiger partial charge in [-0.2, -0.15) is 8.42 Å². The first-order valence-corrected chi connectivity index (χ1v) is 5.21. The molecule has 2 N–H and O–H groups in total. The van der Waals surface area contributed by atoms with Crippen LogP contribution in [0, 0.1) is 10.1 Å². The molecule has 1 heterocycles. The summed E-state index contributed by atoms with van der Waals surface area (Å²) in [5.74, 6) is -8.37. The van der Waals surface area contributed by atoms with Crippen LogP contribution in [-0.4, -0.2) is 47.5 Å². The fourth-order valence-electron chi connectivity index (χ4n) is 0.737. The zero-order valence-corrected chi connectivity index (χ0v) is 9.13. The number of carbonyl (C=O) groups excluding carboxylic acids is 2. The van der Waals surface area contributed by atoms with E-state index in [4.69, 9.17) is 5.11 Å². The van der Waals surface area contributed by atoms with E-state index in [9.17, 15) is 33.2 Å². The molecular formula is C4H3NO13S. The van der Waals surface area contributed by atoms with Crippen LogP contribution >= 0.6 is 0 Å². The molecule has 2 unspecified atom stereocenters. The van der Waals surface area contributed by atoms with Crippen LogP contribution in [0.25, 0.3) is 0 Å². The maximum absolute atomic E-state index is 11.1. The van der Waals surface area contributed by atoms with Gasteiger partial charge in [-0.05, 0) is 8.67 Å². The first-order chi connectivity index (χ1) is 8.58. The van der Waals surface area contributed by atoms with Gasteiger partial charge in [0.2, 0.25) is 6.10 Å². The predicted octanol–water partition coefficient (Wildman–Crippen LogP) is -3.55. The van der Waals surface area contributed by atoms with Crippen molar-refractivity contribution in [1.82, 2.24) is 0 Å². The first-order valence-electron chi connectivity index (χ1n) is 3.88. The molecule has 1 aliphatic heterocycles. The molecule has 0 bridgehead atoms. The number of hydrogen-bond acceptors (Lipinski definition) is 13. The summed E-state index contributed by atoms with van der Waals surface area (Å²) in [5.41, 5.74) is 0. The molecule has 0 spiro atoms. The fourth-order valence-corrected chi connectivity index (χ4v) is 1.05. The molecule has 14 nitrogen and oxygen atoms in total. The van der Waals surface area contributed by atoms with Crippen LogP contribution in [0.5, 0.6) is 0 Å². The Kier molecular flexibility index (Phi) is 3.86. The van der Waals surface area contributed by atoms with Crippen LogP contribution in [0.15, 0.2) is 0 Å². The van der Waals surface area contributed by atoms with E-state index >= 15 is 0 Å². The van der Waals surface area contributed by atoms with E-state index in [0.29, 0.717) is 0 Å². The normalized spacial score (nSPS) is 31.2. The van der Waals surface area contributed by atoms with Gasteiger partial charge in [-0.25, -0.2) is 9.59 Å². The van der Waals surface area contributed by atoms with Crippen LogP contribution in [0.1, 0.15) is 0 Å². The third kappa shape index (κ3) is 3.23. The lowest BCUT2D eigenvalue weighted by Gasteiger charge is -2.23. The Hall–Kier alpha value is -2.07. The maximum atomic E-state index is 11.1. The molecule has 1 saturated heterocycles. The Morgan fingerprint density at radius 2 is 1.84 bits per heavy atom. The summed E-state index contributed by atoms with van der Waals surface area (Å²) >= 11 is 0. The third-order valence-electron chi connectivity index (χ3n) is 1.49. The summed E-state index contributed by atoms with van der Waals surface area (Å²) in [6.07, 6.45) is -3.07. The molecule has 2 atom stereocenters. The van der Waals surface area contributed by atoms with Crippen LogP contribution in [0.4, 0.5) is 0 Å². The second-order valence-corrected chi connectivity index (χ2v) is 3.82. The highest BCUT2D eigenvalue weighted by molar-refractivity contribution is 7.81. The molecule has 0 amide bonds. The van der Waals surface area contributed by atoms with Crippen LogP contribution in [-0.2, 0) is 43.3 Å². The van der Waals surface area contributed by atoms with Gasteiger partial charge in [0.05, 0.1) is 0 Å². The van der Waals surface area contributed by atoms with Crippen molar-refractivity contribution in [3.05, 3.63) is 10.1 Å². The van der Waals surface area contributed by atoms with Gasteiger partial charge in [-0.3, -0.25) is 14.6 Å². The zero-order chi connectivity index (χ0) is 14.8. The summed E-state index contributed by atoms with van der Waals surface area (Å²) in [7, 11) is -5.17. The standard InChI is InChI=1S/C4H3NO13S/c6-1-2(7)14-17-19(12,13)18-15-3(8)4(1,9)16-5(10)11/h1,6,9H. The Morgan fingerprint density at radius 3 is 2.37 bits per heavy atom. The largest absolute Gasteiger partial charge is 0.471 e. The molecular weight excluding hydrogens is 302 g/mol. The van der Waals surface area contributed by atoms with Gasteiger partial charge in [0.25, 0.3) is 5.09 Å². The van der Waals surface area contributed by atoms with E-state index in [1.165, 1.54) is 0 Å². The van der Waals surface area contributed by atoms with E-state index in [0.717, 1.165) is 0 Å². The van der Waals surface area contributed by atoms with Crippen molar-refractivity contribution in [2.45, 2.75) is 11.9 Å². The summed E-state index contributed by atoms with van der Waals surface area (Å²) in [6.45, 7) is 0. The molecule has 19 heavy (non-hydrogen) atoms. The first kappa shape index (κ1) is 15.0. The minimum atomic E-state index is -5.17. The second-order valence-electron chi connectivity index (χ2n) is 2.73. The molecule has 0 aromatic heterocycles. The predicted molar refractivity (Wildman–Crippen MR) is 42.3 cm³/mol. The molecule has 0 radical (unpaired) electrons. The minimum absolute atomic E-state index is 1.77. The highest BCUT2D eigenvalue weighted by Crippen LogP contribution is 2.20. The van der Waals surface area contributed by atoms with Crippen molar-refractivity contribution in [1.29, 1.82) is 0 Å². The van der Waals surface area contributed by atoms with Gasteiger partial charge in [0, 0.05) is 0 Å². The molecule has 0 aromatic carbocycles. The van der Waals surface area contributed by atoms with Crippen molar-refractivity contribution in [2.24, 2.45) is 0 Å². The number of hydrogen-bond donors (Lipinski definition) is 2. The van der Waals surface area contributed by atoms with Gasteiger partial charge in [-0.15, -0.1) is 10.1 Å². The summed E-state index contributed by atoms with van der Waals surface area (Å²) in [5, 5.41) is 26.7. The smallest absolute Gasteiger partial charge is 0.377 e. The summed E-state index contributed by atoms with van der Waals surface area (Å²) in [6, 6.07) is 0. The number of nitrogens with zero attached hydrogens (tertiary/aromatic N) is 1. The van der Waals surface area contributed by atoms with Crippen molar-refractivity contribution in [2.75, 3.05) is 0 Å². The van der Waals surface area contributed by atoms with E-state index in [2.05, 4.69) is 23.3 Å². The van der Waals surface area contributed by atoms with E-state index < -0.39 is 39.3 Å². The quantitative estimate of drug-likeness (QED) is 0.220. The summed E-state index contributed by atoms with van der Waals surface area (Å²) in [4.78, 5) is 42.3. The molecule has 108 valence electrons. The lowest BCUT2D eigenvalue weighted by molar-refractivity contribution is -0.792. The summed E-state index contributed by atoms with van der Waals surface area (Å²) < 4.78 is 27.9. The Morgan fingerprint density at radius 1 is 1.32 bits per heavy atom. The molecule has 1 aliphatic rings. The highest BCUT2D eigenvalue weighted by Gasteiger charge is 2.56. The Labute approximate surface area is 102 Å². The Balaban J connectivity index is 3.17. The lowest BCUT2D eigenvalue weighted by atomic mass is 10.1. The van der Waals surface area contributed by atoms with E-state index in [1.54, 1.807) is 0 Å². The molecule has 0 aromatic rings. The number of carbonyl (C=O) groups is 2. The molecule has 1 fully saturated rings. The van der Waals surface area contributed by atoms with Gasteiger partial charge in [0.15, 0.2) is 0 Å². The lowest BCUT2D eigenvalue weighted by Crippen LogP contribution is -2.57. The number of rotatable bonds is 2. The minimum Gasteiger partial charge on any atom is -0.377 e. The van der Waals surface area contributed by atoms with Crippen LogP contribution in [0.2, 0.25) is 0 Å². The van der Waals surface area contributed by atoms with Gasteiger partial charge in [-0.1, -0.05) is 0 Å². The average Bonchev–Trinajstić information content (AvgIpc) is 2.32. The molecule has 0 saturated carbocycles. The molecule has 1 rings (SSSR count). The van der Waals surface area contributed by atoms with Crippen molar-refractivity contribution < 1.29 is 56.6 Å². The van der Waals surface area contributed by atoms with Crippen LogP contribution < -0.4 is 0 Å².